The van der Waals surface area contributed by atoms with E-state index in [2.05, 4.69) is 4.90 Å². The van der Waals surface area contributed by atoms with Gasteiger partial charge in [0.15, 0.2) is 0 Å². The van der Waals surface area contributed by atoms with E-state index in [-0.39, 0.29) is 0 Å². The first-order chi connectivity index (χ1) is 8.58. The predicted octanol–water partition coefficient (Wildman–Crippen LogP) is 3.87. The van der Waals surface area contributed by atoms with Crippen LogP contribution >= 0.6 is 11.6 Å². The maximum Gasteiger partial charge on any atom is 0.0603 e. The molecule has 0 amide bonds. The lowest BCUT2D eigenvalue weighted by atomic mass is 10.1. The van der Waals surface area contributed by atoms with Crippen molar-refractivity contribution in [3.63, 3.8) is 0 Å². The molecule has 0 fully saturated rings. The molecule has 2 aromatic rings. The Morgan fingerprint density at radius 1 is 1.11 bits per heavy atom. The van der Waals surface area contributed by atoms with Crippen LogP contribution in [0.4, 0.5) is 11.4 Å². The van der Waals surface area contributed by atoms with Crippen molar-refractivity contribution in [2.75, 3.05) is 17.7 Å². The second kappa shape index (κ2) is 5.32. The molecule has 0 aliphatic carbocycles. The van der Waals surface area contributed by atoms with Gasteiger partial charge < -0.3 is 10.6 Å². The fourth-order valence-electron chi connectivity index (χ4n) is 1.95. The third-order valence-electron chi connectivity index (χ3n) is 3.05. The van der Waals surface area contributed by atoms with E-state index in [9.17, 15) is 0 Å². The smallest absolute Gasteiger partial charge is 0.0603 e. The Balaban J connectivity index is 2.19. The van der Waals surface area contributed by atoms with Crippen LogP contribution in [0.5, 0.6) is 0 Å². The van der Waals surface area contributed by atoms with Gasteiger partial charge in [-0.25, -0.2) is 0 Å². The monoisotopic (exact) mass is 260 g/mol. The van der Waals surface area contributed by atoms with Crippen molar-refractivity contribution >= 4 is 23.0 Å². The van der Waals surface area contributed by atoms with Crippen molar-refractivity contribution in [3.05, 3.63) is 58.6 Å². The molecule has 94 valence electrons. The number of nitrogens with two attached hydrogens (primary N) is 1. The van der Waals surface area contributed by atoms with E-state index in [0.717, 1.165) is 28.5 Å². The summed E-state index contributed by atoms with van der Waals surface area (Å²) in [4.78, 5) is 2.14. The van der Waals surface area contributed by atoms with Crippen molar-refractivity contribution in [1.29, 1.82) is 0 Å². The fourth-order valence-corrected chi connectivity index (χ4v) is 2.07. The summed E-state index contributed by atoms with van der Waals surface area (Å²) in [5.41, 5.74) is 10.3. The van der Waals surface area contributed by atoms with Gasteiger partial charge in [0.2, 0.25) is 0 Å². The zero-order valence-corrected chi connectivity index (χ0v) is 11.4. The highest BCUT2D eigenvalue weighted by Crippen LogP contribution is 2.26. The van der Waals surface area contributed by atoms with Crippen molar-refractivity contribution in [2.24, 2.45) is 0 Å². The molecule has 3 heteroatoms. The Morgan fingerprint density at radius 3 is 2.44 bits per heavy atom. The van der Waals surface area contributed by atoms with E-state index in [1.807, 2.05) is 56.4 Å². The summed E-state index contributed by atoms with van der Waals surface area (Å²) >= 11 is 5.88. The predicted molar refractivity (Wildman–Crippen MR) is 79.2 cm³/mol. The molecule has 2 rings (SSSR count). The van der Waals surface area contributed by atoms with Crippen LogP contribution in [0.25, 0.3) is 0 Å². The zero-order valence-electron chi connectivity index (χ0n) is 10.7. The molecule has 0 unspecified atom stereocenters. The molecule has 0 aliphatic rings. The molecule has 0 atom stereocenters. The van der Waals surface area contributed by atoms with Gasteiger partial charge >= 0.3 is 0 Å². The van der Waals surface area contributed by atoms with Crippen molar-refractivity contribution in [3.8, 4) is 0 Å². The van der Waals surface area contributed by atoms with Crippen LogP contribution in [0.2, 0.25) is 5.02 Å². The van der Waals surface area contributed by atoms with Crippen LogP contribution in [0.3, 0.4) is 0 Å². The average Bonchev–Trinajstić information content (AvgIpc) is 2.35. The van der Waals surface area contributed by atoms with Gasteiger partial charge in [-0.2, -0.15) is 0 Å². The number of hydrogen-bond acceptors (Lipinski definition) is 2. The van der Waals surface area contributed by atoms with Gasteiger partial charge in [-0.3, -0.25) is 0 Å². The third kappa shape index (κ3) is 2.77. The largest absolute Gasteiger partial charge is 0.397 e. The van der Waals surface area contributed by atoms with Gasteiger partial charge in [-0.15, -0.1) is 0 Å². The van der Waals surface area contributed by atoms with Crippen molar-refractivity contribution in [1.82, 2.24) is 0 Å². The Hall–Kier alpha value is -1.67. The molecule has 18 heavy (non-hydrogen) atoms. The number of nitrogens with zero attached hydrogens (tertiary/aromatic N) is 1. The minimum Gasteiger partial charge on any atom is -0.397 e. The Labute approximate surface area is 113 Å². The maximum absolute atomic E-state index is 6.10. The van der Waals surface area contributed by atoms with Gasteiger partial charge in [-0.05, 0) is 36.2 Å². The number of nitrogen functional groups attached to an aromatic ring is 1. The maximum atomic E-state index is 6.10. The summed E-state index contributed by atoms with van der Waals surface area (Å²) in [6, 6.07) is 14.0. The second-order valence-electron chi connectivity index (χ2n) is 4.49. The fraction of sp³-hybridized carbons (Fsp3) is 0.200. The van der Waals surface area contributed by atoms with E-state index < -0.39 is 0 Å². The summed E-state index contributed by atoms with van der Waals surface area (Å²) in [5.74, 6) is 0. The van der Waals surface area contributed by atoms with E-state index in [4.69, 9.17) is 17.3 Å². The van der Waals surface area contributed by atoms with Gasteiger partial charge in [0.05, 0.1) is 11.4 Å². The number of halogens is 1. The van der Waals surface area contributed by atoms with Gasteiger partial charge in [0.1, 0.15) is 0 Å². The summed E-state index contributed by atoms with van der Waals surface area (Å²) in [6.07, 6.45) is 0. The summed E-state index contributed by atoms with van der Waals surface area (Å²) in [6.45, 7) is 2.83. The molecule has 0 aromatic heterocycles. The van der Waals surface area contributed by atoms with Crippen LogP contribution in [0, 0.1) is 6.92 Å². The first-order valence-corrected chi connectivity index (χ1v) is 6.26. The lowest BCUT2D eigenvalue weighted by Crippen LogP contribution is -2.18. The van der Waals surface area contributed by atoms with E-state index in [1.54, 1.807) is 0 Å². The summed E-state index contributed by atoms with van der Waals surface area (Å²) in [5, 5.41) is 0.761. The minimum atomic E-state index is 0.761. The topological polar surface area (TPSA) is 29.3 Å². The molecule has 0 bridgehead atoms. The standard InChI is InChI=1S/C15H17ClN2/c1-11-4-3-5-14(15(11)17)18(2)10-12-6-8-13(16)9-7-12/h3-9H,10,17H2,1-2H3. The lowest BCUT2D eigenvalue weighted by molar-refractivity contribution is 0.924. The van der Waals surface area contributed by atoms with Crippen LogP contribution in [0.15, 0.2) is 42.5 Å². The number of benzene rings is 2. The molecule has 0 aliphatic heterocycles. The molecule has 0 heterocycles. The van der Waals surface area contributed by atoms with Gasteiger partial charge in [-0.1, -0.05) is 35.9 Å². The lowest BCUT2D eigenvalue weighted by Gasteiger charge is -2.22. The molecule has 0 radical (unpaired) electrons. The zero-order chi connectivity index (χ0) is 13.1. The van der Waals surface area contributed by atoms with Crippen molar-refractivity contribution < 1.29 is 0 Å². The van der Waals surface area contributed by atoms with Crippen LogP contribution in [-0.4, -0.2) is 7.05 Å². The average molecular weight is 261 g/mol. The third-order valence-corrected chi connectivity index (χ3v) is 3.30. The highest BCUT2D eigenvalue weighted by atomic mass is 35.5. The summed E-state index contributed by atoms with van der Waals surface area (Å²) < 4.78 is 0. The number of para-hydroxylation sites is 1. The van der Waals surface area contributed by atoms with Crippen LogP contribution < -0.4 is 10.6 Å². The first kappa shape index (κ1) is 12.8. The normalized spacial score (nSPS) is 10.4. The van der Waals surface area contributed by atoms with E-state index in [0.29, 0.717) is 0 Å². The van der Waals surface area contributed by atoms with E-state index >= 15 is 0 Å². The number of aryl methyl sites for hydroxylation is 1. The highest BCUT2D eigenvalue weighted by Gasteiger charge is 2.07. The quantitative estimate of drug-likeness (QED) is 0.849. The Bertz CT molecular complexity index is 535. The van der Waals surface area contributed by atoms with Crippen molar-refractivity contribution in [2.45, 2.75) is 13.5 Å². The number of rotatable bonds is 3. The summed E-state index contributed by atoms with van der Waals surface area (Å²) in [7, 11) is 2.04. The molecular weight excluding hydrogens is 244 g/mol. The Morgan fingerprint density at radius 2 is 1.78 bits per heavy atom. The molecule has 0 spiro atoms. The first-order valence-electron chi connectivity index (χ1n) is 5.88. The molecule has 0 saturated heterocycles. The minimum absolute atomic E-state index is 0.761. The van der Waals surface area contributed by atoms with Crippen LogP contribution in [0.1, 0.15) is 11.1 Å². The molecule has 2 aromatic carbocycles. The Kier molecular flexibility index (Phi) is 3.78. The second-order valence-corrected chi connectivity index (χ2v) is 4.93. The molecule has 2 N–H and O–H groups in total. The number of hydrogen-bond donors (Lipinski definition) is 1. The molecular formula is C15H17ClN2. The van der Waals surface area contributed by atoms with E-state index in [1.165, 1.54) is 5.56 Å². The molecule has 0 saturated carbocycles. The van der Waals surface area contributed by atoms with Crippen LogP contribution in [-0.2, 0) is 6.54 Å². The van der Waals surface area contributed by atoms with Gasteiger partial charge in [0.25, 0.3) is 0 Å². The number of anilines is 2. The SMILES string of the molecule is Cc1cccc(N(C)Cc2ccc(Cl)cc2)c1N. The van der Waals surface area contributed by atoms with Gasteiger partial charge in [0, 0.05) is 18.6 Å². The highest BCUT2D eigenvalue weighted by molar-refractivity contribution is 6.30. The molecule has 2 nitrogen and oxygen atoms in total.